The number of ketones is 1. The molecule has 21 heavy (non-hydrogen) atoms. The summed E-state index contributed by atoms with van der Waals surface area (Å²) in [6.45, 7) is 1.38. The molecule has 0 unspecified atom stereocenters. The summed E-state index contributed by atoms with van der Waals surface area (Å²) < 4.78 is 5.73. The molecule has 0 bridgehead atoms. The molecule has 0 aliphatic heterocycles. The van der Waals surface area contributed by atoms with Gasteiger partial charge in [0, 0.05) is 23.9 Å². The number of hydrogen-bond donors (Lipinski definition) is 1. The third kappa shape index (κ3) is 2.56. The highest BCUT2D eigenvalue weighted by molar-refractivity contribution is 6.01. The summed E-state index contributed by atoms with van der Waals surface area (Å²) in [6, 6.07) is 14.7. The fourth-order valence-electron chi connectivity index (χ4n) is 2.13. The number of Topliss-reactive ketones (excluding diaryl/α,β-unsaturated/α-hetero) is 1. The summed E-state index contributed by atoms with van der Waals surface area (Å²) in [7, 11) is 0. The number of nitrogens with zero attached hydrogens (tertiary/aromatic N) is 1. The summed E-state index contributed by atoms with van der Waals surface area (Å²) in [5.74, 6) is 1.02. The van der Waals surface area contributed by atoms with Crippen LogP contribution in [0, 0.1) is 0 Å². The van der Waals surface area contributed by atoms with E-state index in [0.29, 0.717) is 16.5 Å². The SMILES string of the molecule is CC(=O)c1ncc2cc(Oc3ccccc3)ccc2c1O. The van der Waals surface area contributed by atoms with Gasteiger partial charge in [-0.15, -0.1) is 0 Å². The van der Waals surface area contributed by atoms with E-state index in [1.165, 1.54) is 6.92 Å². The molecule has 0 amide bonds. The highest BCUT2D eigenvalue weighted by Crippen LogP contribution is 2.31. The van der Waals surface area contributed by atoms with Crippen molar-refractivity contribution in [3.63, 3.8) is 0 Å². The number of rotatable bonds is 3. The highest BCUT2D eigenvalue weighted by atomic mass is 16.5. The van der Waals surface area contributed by atoms with Gasteiger partial charge in [0.2, 0.25) is 0 Å². The fourth-order valence-corrected chi connectivity index (χ4v) is 2.13. The molecule has 0 aliphatic carbocycles. The Labute approximate surface area is 121 Å². The van der Waals surface area contributed by atoms with Crippen molar-refractivity contribution in [1.29, 1.82) is 0 Å². The lowest BCUT2D eigenvalue weighted by Crippen LogP contribution is -1.97. The molecule has 0 atom stereocenters. The number of benzene rings is 2. The maximum Gasteiger partial charge on any atom is 0.181 e. The zero-order valence-corrected chi connectivity index (χ0v) is 11.4. The third-order valence-electron chi connectivity index (χ3n) is 3.15. The second kappa shape index (κ2) is 5.25. The molecule has 2 aromatic carbocycles. The van der Waals surface area contributed by atoms with Crippen LogP contribution in [0.4, 0.5) is 0 Å². The van der Waals surface area contributed by atoms with E-state index in [9.17, 15) is 9.90 Å². The van der Waals surface area contributed by atoms with Gasteiger partial charge in [-0.25, -0.2) is 4.98 Å². The van der Waals surface area contributed by atoms with Crippen LogP contribution < -0.4 is 4.74 Å². The molecular formula is C17H13NO3. The van der Waals surface area contributed by atoms with Gasteiger partial charge >= 0.3 is 0 Å². The third-order valence-corrected chi connectivity index (χ3v) is 3.15. The van der Waals surface area contributed by atoms with Gasteiger partial charge in [0.15, 0.2) is 11.5 Å². The number of ether oxygens (including phenoxy) is 1. The molecule has 1 heterocycles. The first-order chi connectivity index (χ1) is 10.1. The minimum absolute atomic E-state index is 0.0826. The zero-order chi connectivity index (χ0) is 14.8. The number of para-hydroxylation sites is 1. The van der Waals surface area contributed by atoms with E-state index in [4.69, 9.17) is 4.74 Å². The molecule has 1 N–H and O–H groups in total. The van der Waals surface area contributed by atoms with E-state index in [2.05, 4.69) is 4.98 Å². The summed E-state index contributed by atoms with van der Waals surface area (Å²) in [4.78, 5) is 15.4. The summed E-state index contributed by atoms with van der Waals surface area (Å²) in [5, 5.41) is 11.4. The van der Waals surface area contributed by atoms with Crippen LogP contribution in [0.5, 0.6) is 17.2 Å². The second-order valence-electron chi connectivity index (χ2n) is 4.68. The largest absolute Gasteiger partial charge is 0.505 e. The van der Waals surface area contributed by atoms with Crippen LogP contribution >= 0.6 is 0 Å². The van der Waals surface area contributed by atoms with E-state index in [0.717, 1.165) is 5.75 Å². The number of hydrogen-bond acceptors (Lipinski definition) is 4. The fraction of sp³-hybridized carbons (Fsp3) is 0.0588. The predicted octanol–water partition coefficient (Wildman–Crippen LogP) is 3.94. The van der Waals surface area contributed by atoms with Crippen LogP contribution in [0.15, 0.2) is 54.7 Å². The highest BCUT2D eigenvalue weighted by Gasteiger charge is 2.12. The number of aromatic nitrogens is 1. The quantitative estimate of drug-likeness (QED) is 0.738. The standard InChI is InChI=1S/C17H13NO3/c1-11(19)16-17(20)15-8-7-14(9-12(15)10-18-16)21-13-5-3-2-4-6-13/h2-10,20H,1H3. The lowest BCUT2D eigenvalue weighted by Gasteiger charge is -2.08. The monoisotopic (exact) mass is 279 g/mol. The van der Waals surface area contributed by atoms with Crippen LogP contribution in [0.3, 0.4) is 0 Å². The first kappa shape index (κ1) is 13.1. The Bertz CT molecular complexity index is 813. The van der Waals surface area contributed by atoms with Crippen molar-refractivity contribution in [2.75, 3.05) is 0 Å². The van der Waals surface area contributed by atoms with E-state index in [1.54, 1.807) is 24.4 Å². The topological polar surface area (TPSA) is 59.4 Å². The van der Waals surface area contributed by atoms with Crippen molar-refractivity contribution in [3.8, 4) is 17.2 Å². The van der Waals surface area contributed by atoms with Crippen molar-refractivity contribution >= 4 is 16.6 Å². The van der Waals surface area contributed by atoms with Crippen molar-refractivity contribution < 1.29 is 14.6 Å². The van der Waals surface area contributed by atoms with Gasteiger partial charge < -0.3 is 9.84 Å². The summed E-state index contributed by atoms with van der Waals surface area (Å²) >= 11 is 0. The molecule has 0 aliphatic rings. The minimum Gasteiger partial charge on any atom is -0.505 e. The molecule has 0 fully saturated rings. The van der Waals surface area contributed by atoms with Gasteiger partial charge in [0.25, 0.3) is 0 Å². The van der Waals surface area contributed by atoms with Gasteiger partial charge in [0.1, 0.15) is 17.2 Å². The number of pyridine rings is 1. The van der Waals surface area contributed by atoms with E-state index >= 15 is 0 Å². The normalized spacial score (nSPS) is 10.5. The molecule has 0 radical (unpaired) electrons. The second-order valence-corrected chi connectivity index (χ2v) is 4.68. The van der Waals surface area contributed by atoms with Crippen molar-refractivity contribution in [2.24, 2.45) is 0 Å². The van der Waals surface area contributed by atoms with E-state index in [-0.39, 0.29) is 17.2 Å². The molecule has 0 spiro atoms. The zero-order valence-electron chi connectivity index (χ0n) is 11.4. The molecule has 1 aromatic heterocycles. The molecule has 104 valence electrons. The maximum absolute atomic E-state index is 11.4. The van der Waals surface area contributed by atoms with Crippen LogP contribution in [0.25, 0.3) is 10.8 Å². The molecule has 4 nitrogen and oxygen atoms in total. The molecule has 0 saturated heterocycles. The van der Waals surface area contributed by atoms with Crippen LogP contribution in [0.2, 0.25) is 0 Å². The summed E-state index contributed by atoms with van der Waals surface area (Å²) in [6.07, 6.45) is 1.56. The van der Waals surface area contributed by atoms with Crippen LogP contribution in [-0.2, 0) is 0 Å². The first-order valence-corrected chi connectivity index (χ1v) is 6.51. The molecule has 3 aromatic rings. The van der Waals surface area contributed by atoms with Gasteiger partial charge in [-0.1, -0.05) is 18.2 Å². The average molecular weight is 279 g/mol. The maximum atomic E-state index is 11.4. The molecule has 0 saturated carbocycles. The minimum atomic E-state index is -0.265. The van der Waals surface area contributed by atoms with Crippen molar-refractivity contribution in [2.45, 2.75) is 6.92 Å². The van der Waals surface area contributed by atoms with Crippen LogP contribution in [0.1, 0.15) is 17.4 Å². The molecule has 4 heteroatoms. The van der Waals surface area contributed by atoms with Gasteiger partial charge in [-0.05, 0) is 30.3 Å². The molecule has 3 rings (SSSR count). The smallest absolute Gasteiger partial charge is 0.181 e. The van der Waals surface area contributed by atoms with E-state index in [1.807, 2.05) is 30.3 Å². The van der Waals surface area contributed by atoms with Gasteiger partial charge in [-0.3, -0.25) is 4.79 Å². The Kier molecular flexibility index (Phi) is 3.28. The Balaban J connectivity index is 2.02. The van der Waals surface area contributed by atoms with E-state index < -0.39 is 0 Å². The average Bonchev–Trinajstić information content (AvgIpc) is 2.48. The number of aromatic hydroxyl groups is 1. The predicted molar refractivity (Wildman–Crippen MR) is 79.9 cm³/mol. The Hall–Kier alpha value is -2.88. The lowest BCUT2D eigenvalue weighted by atomic mass is 10.1. The van der Waals surface area contributed by atoms with Gasteiger partial charge in [-0.2, -0.15) is 0 Å². The van der Waals surface area contributed by atoms with Crippen molar-refractivity contribution in [3.05, 3.63) is 60.4 Å². The van der Waals surface area contributed by atoms with Crippen LogP contribution in [-0.4, -0.2) is 15.9 Å². The Morgan fingerprint density at radius 1 is 1.10 bits per heavy atom. The number of carbonyl (C=O) groups excluding carboxylic acids is 1. The molecular weight excluding hydrogens is 266 g/mol. The Morgan fingerprint density at radius 3 is 2.57 bits per heavy atom. The lowest BCUT2D eigenvalue weighted by molar-refractivity contribution is 0.101. The first-order valence-electron chi connectivity index (χ1n) is 6.51. The Morgan fingerprint density at radius 2 is 1.86 bits per heavy atom. The van der Waals surface area contributed by atoms with Gasteiger partial charge in [0.05, 0.1) is 0 Å². The number of carbonyl (C=O) groups is 1. The van der Waals surface area contributed by atoms with Crippen molar-refractivity contribution in [1.82, 2.24) is 4.98 Å². The summed E-state index contributed by atoms with van der Waals surface area (Å²) in [5.41, 5.74) is 0.0826. The number of fused-ring (bicyclic) bond motifs is 1.